The maximum absolute atomic E-state index is 13.6. The van der Waals surface area contributed by atoms with Crippen molar-refractivity contribution in [2.24, 2.45) is 10.2 Å². The van der Waals surface area contributed by atoms with E-state index in [2.05, 4.69) is 10.2 Å². The van der Waals surface area contributed by atoms with E-state index in [0.29, 0.717) is 33.6 Å². The molecule has 0 spiro atoms. The molecule has 172 valence electrons. The van der Waals surface area contributed by atoms with Gasteiger partial charge < -0.3 is 14.6 Å². The number of ether oxygens (including phenoxy) is 2. The number of rotatable bonds is 6. The third-order valence-electron chi connectivity index (χ3n) is 4.97. The smallest absolute Gasteiger partial charge is 0.290 e. The molecule has 0 fully saturated rings. The summed E-state index contributed by atoms with van der Waals surface area (Å²) in [6.07, 6.45) is 0. The Morgan fingerprint density at radius 1 is 0.824 bits per heavy atom. The molecular weight excluding hydrogens is 476 g/mol. The largest absolute Gasteiger partial charge is 0.495 e. The van der Waals surface area contributed by atoms with E-state index in [1.165, 1.54) is 23.4 Å². The van der Waals surface area contributed by atoms with Crippen molar-refractivity contribution >= 4 is 35.2 Å². The zero-order chi connectivity index (χ0) is 24.2. The summed E-state index contributed by atoms with van der Waals surface area (Å²) >= 11 is 12.0. The molecule has 0 saturated heterocycles. The van der Waals surface area contributed by atoms with E-state index in [1.54, 1.807) is 72.8 Å². The molecule has 8 nitrogen and oxygen atoms in total. The van der Waals surface area contributed by atoms with Gasteiger partial charge in [-0.1, -0.05) is 48.0 Å². The molecular formula is C24H19ClN4O4S. The molecule has 0 saturated carbocycles. The quantitative estimate of drug-likeness (QED) is 0.256. The number of para-hydroxylation sites is 4. The van der Waals surface area contributed by atoms with E-state index < -0.39 is 11.4 Å². The molecule has 4 rings (SSSR count). The van der Waals surface area contributed by atoms with Gasteiger partial charge in [0.1, 0.15) is 17.2 Å². The van der Waals surface area contributed by atoms with Crippen molar-refractivity contribution in [3.05, 3.63) is 92.9 Å². The van der Waals surface area contributed by atoms with Gasteiger partial charge >= 0.3 is 0 Å². The number of benzene rings is 3. The van der Waals surface area contributed by atoms with Crippen molar-refractivity contribution in [3.8, 4) is 28.8 Å². The molecule has 0 atom stereocenters. The third-order valence-corrected chi connectivity index (χ3v) is 5.66. The Bertz CT molecular complexity index is 1510. The summed E-state index contributed by atoms with van der Waals surface area (Å²) in [5, 5.41) is 19.7. The minimum atomic E-state index is -0.686. The van der Waals surface area contributed by atoms with Gasteiger partial charge in [-0.25, -0.2) is 4.57 Å². The van der Waals surface area contributed by atoms with Crippen molar-refractivity contribution in [1.82, 2.24) is 9.13 Å². The molecule has 0 bridgehead atoms. The van der Waals surface area contributed by atoms with Crippen LogP contribution in [-0.4, -0.2) is 28.5 Å². The first-order valence-corrected chi connectivity index (χ1v) is 10.8. The third kappa shape index (κ3) is 4.18. The van der Waals surface area contributed by atoms with Crippen LogP contribution in [0, 0.1) is 4.77 Å². The lowest BCUT2D eigenvalue weighted by Gasteiger charge is -2.18. The Hall–Kier alpha value is -3.95. The summed E-state index contributed by atoms with van der Waals surface area (Å²) in [5.74, 6) is 0.349. The summed E-state index contributed by atoms with van der Waals surface area (Å²) in [7, 11) is 2.98. The van der Waals surface area contributed by atoms with Crippen LogP contribution in [0.25, 0.3) is 11.4 Å². The molecule has 1 aromatic heterocycles. The van der Waals surface area contributed by atoms with Crippen LogP contribution >= 0.6 is 23.8 Å². The minimum absolute atomic E-state index is 0.0312. The Morgan fingerprint density at radius 2 is 1.41 bits per heavy atom. The molecule has 10 heteroatoms. The highest BCUT2D eigenvalue weighted by molar-refractivity contribution is 7.71. The van der Waals surface area contributed by atoms with Crippen LogP contribution in [0.3, 0.4) is 0 Å². The average molecular weight is 495 g/mol. The van der Waals surface area contributed by atoms with Crippen molar-refractivity contribution < 1.29 is 14.6 Å². The van der Waals surface area contributed by atoms with Crippen molar-refractivity contribution in [2.45, 2.75) is 0 Å². The lowest BCUT2D eigenvalue weighted by atomic mass is 10.2. The number of hydrogen-bond donors (Lipinski definition) is 1. The number of azo groups is 1. The highest BCUT2D eigenvalue weighted by Crippen LogP contribution is 2.34. The molecule has 0 unspecified atom stereocenters. The molecule has 4 aromatic rings. The van der Waals surface area contributed by atoms with Gasteiger partial charge in [0.25, 0.3) is 5.56 Å². The van der Waals surface area contributed by atoms with Crippen molar-refractivity contribution in [2.75, 3.05) is 14.2 Å². The van der Waals surface area contributed by atoms with E-state index in [1.807, 2.05) is 0 Å². The van der Waals surface area contributed by atoms with Crippen LogP contribution in [0.15, 0.2) is 87.8 Å². The zero-order valence-electron chi connectivity index (χ0n) is 18.2. The van der Waals surface area contributed by atoms with E-state index in [-0.39, 0.29) is 10.5 Å². The Morgan fingerprint density at radius 3 is 2.09 bits per heavy atom. The fourth-order valence-electron chi connectivity index (χ4n) is 3.37. The van der Waals surface area contributed by atoms with Crippen molar-refractivity contribution in [3.63, 3.8) is 0 Å². The highest BCUT2D eigenvalue weighted by Gasteiger charge is 2.22. The molecule has 0 aliphatic carbocycles. The van der Waals surface area contributed by atoms with Crippen molar-refractivity contribution in [1.29, 1.82) is 0 Å². The number of aromatic hydroxyl groups is 1. The monoisotopic (exact) mass is 494 g/mol. The van der Waals surface area contributed by atoms with E-state index in [4.69, 9.17) is 33.3 Å². The maximum atomic E-state index is 13.6. The van der Waals surface area contributed by atoms with Gasteiger partial charge in [0.2, 0.25) is 11.6 Å². The van der Waals surface area contributed by atoms with Crippen LogP contribution in [0.1, 0.15) is 0 Å². The van der Waals surface area contributed by atoms with Crippen LogP contribution in [0.5, 0.6) is 17.4 Å². The van der Waals surface area contributed by atoms with Gasteiger partial charge in [-0.3, -0.25) is 9.36 Å². The minimum Gasteiger partial charge on any atom is -0.495 e. The molecule has 0 amide bonds. The summed E-state index contributed by atoms with van der Waals surface area (Å²) in [6.45, 7) is 0. The van der Waals surface area contributed by atoms with Crippen LogP contribution in [0.2, 0.25) is 5.02 Å². The number of nitrogens with zero attached hydrogens (tertiary/aromatic N) is 4. The Labute approximate surface area is 204 Å². The van der Waals surface area contributed by atoms with Gasteiger partial charge in [0.15, 0.2) is 4.77 Å². The van der Waals surface area contributed by atoms with Crippen LogP contribution in [-0.2, 0) is 0 Å². The second-order valence-corrected chi connectivity index (χ2v) is 7.70. The topological polar surface area (TPSA) is 90.3 Å². The SMILES string of the molecule is COc1ccccc1N=Nc1c(O)n(-c2ccccc2Cl)c(=S)n(-c2ccccc2OC)c1=O. The summed E-state index contributed by atoms with van der Waals surface area (Å²) in [4.78, 5) is 13.6. The number of hydrogen-bond acceptors (Lipinski definition) is 7. The van der Waals surface area contributed by atoms with Gasteiger partial charge in [-0.15, -0.1) is 10.2 Å². The Balaban J connectivity index is 2.07. The fourth-order valence-corrected chi connectivity index (χ4v) is 3.95. The molecule has 0 aliphatic heterocycles. The summed E-state index contributed by atoms with van der Waals surface area (Å²) in [5.41, 5.74) is 0.0808. The molecule has 0 radical (unpaired) electrons. The second-order valence-electron chi connectivity index (χ2n) is 6.93. The lowest BCUT2D eigenvalue weighted by molar-refractivity contribution is 0.410. The molecule has 0 aliphatic rings. The molecule has 34 heavy (non-hydrogen) atoms. The first kappa shape index (κ1) is 23.2. The van der Waals surface area contributed by atoms with Crippen LogP contribution in [0.4, 0.5) is 11.4 Å². The summed E-state index contributed by atoms with van der Waals surface area (Å²) < 4.78 is 13.2. The predicted molar refractivity (Wildman–Crippen MR) is 133 cm³/mol. The first-order chi connectivity index (χ1) is 16.5. The average Bonchev–Trinajstić information content (AvgIpc) is 2.85. The van der Waals surface area contributed by atoms with Crippen LogP contribution < -0.4 is 15.0 Å². The predicted octanol–water partition coefficient (Wildman–Crippen LogP) is 6.15. The summed E-state index contributed by atoms with van der Waals surface area (Å²) in [6, 6.07) is 20.6. The normalized spacial score (nSPS) is 11.0. The number of halogens is 1. The number of methoxy groups -OCH3 is 2. The lowest BCUT2D eigenvalue weighted by Crippen LogP contribution is -2.23. The second kappa shape index (κ2) is 9.90. The van der Waals surface area contributed by atoms with Gasteiger partial charge in [0, 0.05) is 0 Å². The highest BCUT2D eigenvalue weighted by atomic mass is 35.5. The fraction of sp³-hybridized carbons (Fsp3) is 0.0833. The van der Waals surface area contributed by atoms with E-state index >= 15 is 0 Å². The standard InChI is InChI=1S/C24H19ClN4O4S/c1-32-19-13-7-4-10-16(19)26-27-21-22(30)28(17-11-5-3-9-15(17)25)24(34)29(23(21)31)18-12-6-8-14-20(18)33-2/h3-14,30H,1-2H3. The van der Waals surface area contributed by atoms with Gasteiger partial charge in [0.05, 0.1) is 30.6 Å². The first-order valence-electron chi connectivity index (χ1n) is 10.0. The maximum Gasteiger partial charge on any atom is 0.290 e. The van der Waals surface area contributed by atoms with Gasteiger partial charge in [-0.2, -0.15) is 0 Å². The molecule has 1 N–H and O–H groups in total. The zero-order valence-corrected chi connectivity index (χ0v) is 19.7. The molecule has 3 aromatic carbocycles. The Kier molecular flexibility index (Phi) is 6.76. The number of aromatic nitrogens is 2. The van der Waals surface area contributed by atoms with E-state index in [0.717, 1.165) is 0 Å². The molecule has 1 heterocycles. The van der Waals surface area contributed by atoms with E-state index in [9.17, 15) is 9.90 Å². The van der Waals surface area contributed by atoms with Gasteiger partial charge in [-0.05, 0) is 48.6 Å².